The summed E-state index contributed by atoms with van der Waals surface area (Å²) in [6.07, 6.45) is 3.44. The number of rotatable bonds is 7. The average Bonchev–Trinajstić information content (AvgIpc) is 2.52. The third-order valence-corrected chi connectivity index (χ3v) is 2.75. The molecule has 1 aromatic rings. The van der Waals surface area contributed by atoms with Crippen LogP contribution in [0.5, 0.6) is 5.75 Å². The molecule has 0 atom stereocenters. The van der Waals surface area contributed by atoms with Crippen LogP contribution in [0.4, 0.5) is 0 Å². The fraction of sp³-hybridized carbons (Fsp3) is 0.375. The lowest BCUT2D eigenvalue weighted by atomic mass is 10.1. The number of methoxy groups -OCH3 is 2. The van der Waals surface area contributed by atoms with Gasteiger partial charge in [0.05, 0.1) is 20.8 Å². The number of hydrogen-bond donors (Lipinski definition) is 0. The molecule has 0 amide bonds. The van der Waals surface area contributed by atoms with Crippen molar-refractivity contribution in [1.82, 2.24) is 0 Å². The van der Waals surface area contributed by atoms with Crippen LogP contribution in [-0.4, -0.2) is 32.8 Å². The van der Waals surface area contributed by atoms with E-state index in [1.165, 1.54) is 20.3 Å². The van der Waals surface area contributed by atoms with E-state index in [0.717, 1.165) is 12.8 Å². The Hall–Kier alpha value is -2.30. The number of benzene rings is 1. The molecule has 5 heteroatoms. The predicted octanol–water partition coefficient (Wildman–Crippen LogP) is 2.59. The molecule has 0 saturated heterocycles. The van der Waals surface area contributed by atoms with Crippen molar-refractivity contribution in [1.29, 1.82) is 0 Å². The molecule has 0 bridgehead atoms. The molecule has 0 saturated carbocycles. The van der Waals surface area contributed by atoms with Crippen LogP contribution in [0.15, 0.2) is 29.8 Å². The number of unbranched alkanes of at least 4 members (excludes halogenated alkanes) is 1. The van der Waals surface area contributed by atoms with Gasteiger partial charge in [0.2, 0.25) is 0 Å². The maximum Gasteiger partial charge on any atom is 0.345 e. The summed E-state index contributed by atoms with van der Waals surface area (Å²) in [6, 6.07) is 7.13. The van der Waals surface area contributed by atoms with Gasteiger partial charge in [-0.25, -0.2) is 9.59 Å². The summed E-state index contributed by atoms with van der Waals surface area (Å²) in [6.45, 7) is 2.71. The molecule has 1 rings (SSSR count). The van der Waals surface area contributed by atoms with Crippen molar-refractivity contribution < 1.29 is 23.8 Å². The highest BCUT2D eigenvalue weighted by atomic mass is 16.5. The zero-order valence-electron chi connectivity index (χ0n) is 12.5. The molecule has 114 valence electrons. The van der Waals surface area contributed by atoms with E-state index in [-0.39, 0.29) is 5.57 Å². The molecule has 0 aliphatic heterocycles. The van der Waals surface area contributed by atoms with Crippen LogP contribution in [0.2, 0.25) is 0 Å². The molecule has 0 spiro atoms. The Morgan fingerprint density at radius 2 is 1.81 bits per heavy atom. The van der Waals surface area contributed by atoms with Gasteiger partial charge in [-0.1, -0.05) is 25.5 Å². The molecule has 0 radical (unpaired) electrons. The lowest BCUT2D eigenvalue weighted by molar-refractivity contribution is -0.143. The van der Waals surface area contributed by atoms with E-state index in [0.29, 0.717) is 17.9 Å². The maximum absolute atomic E-state index is 11.6. The van der Waals surface area contributed by atoms with Gasteiger partial charge in [0.25, 0.3) is 0 Å². The first kappa shape index (κ1) is 16.8. The van der Waals surface area contributed by atoms with Crippen LogP contribution in [0.3, 0.4) is 0 Å². The summed E-state index contributed by atoms with van der Waals surface area (Å²) in [7, 11) is 2.42. The van der Waals surface area contributed by atoms with Crippen molar-refractivity contribution >= 4 is 18.0 Å². The molecule has 21 heavy (non-hydrogen) atoms. The van der Waals surface area contributed by atoms with Crippen molar-refractivity contribution in [3.05, 3.63) is 35.4 Å². The minimum absolute atomic E-state index is 0.161. The fourth-order valence-corrected chi connectivity index (χ4v) is 1.62. The fourth-order valence-electron chi connectivity index (χ4n) is 1.62. The molecule has 0 aliphatic rings. The maximum atomic E-state index is 11.6. The van der Waals surface area contributed by atoms with E-state index >= 15 is 0 Å². The second-order valence-corrected chi connectivity index (χ2v) is 4.32. The number of carbonyl (C=O) groups is 2. The molecular weight excluding hydrogens is 272 g/mol. The molecule has 5 nitrogen and oxygen atoms in total. The highest BCUT2D eigenvalue weighted by molar-refractivity contribution is 6.17. The Labute approximate surface area is 124 Å². The van der Waals surface area contributed by atoms with Crippen molar-refractivity contribution in [3.63, 3.8) is 0 Å². The second kappa shape index (κ2) is 8.79. The van der Waals surface area contributed by atoms with E-state index in [9.17, 15) is 9.59 Å². The van der Waals surface area contributed by atoms with Crippen molar-refractivity contribution in [2.24, 2.45) is 0 Å². The van der Waals surface area contributed by atoms with Crippen LogP contribution in [0, 0.1) is 0 Å². The molecule has 1 aromatic carbocycles. The van der Waals surface area contributed by atoms with Gasteiger partial charge < -0.3 is 14.2 Å². The lowest BCUT2D eigenvalue weighted by Gasteiger charge is -2.07. The minimum atomic E-state index is -0.737. The number of hydrogen-bond acceptors (Lipinski definition) is 5. The Morgan fingerprint density at radius 3 is 2.38 bits per heavy atom. The van der Waals surface area contributed by atoms with Gasteiger partial charge in [-0.2, -0.15) is 0 Å². The number of carbonyl (C=O) groups excluding carboxylic acids is 2. The Bertz CT molecular complexity index is 501. The minimum Gasteiger partial charge on any atom is -0.494 e. The molecule has 0 aliphatic carbocycles. The van der Waals surface area contributed by atoms with E-state index in [2.05, 4.69) is 16.4 Å². The standard InChI is InChI=1S/C16H20O5/c1-4-5-9-21-13-8-6-7-12(10-13)11-14(15(17)19-2)16(18)20-3/h6-8,10-11H,4-5,9H2,1-3H3. The third-order valence-electron chi connectivity index (χ3n) is 2.75. The van der Waals surface area contributed by atoms with Crippen LogP contribution < -0.4 is 4.74 Å². The number of esters is 2. The zero-order chi connectivity index (χ0) is 15.7. The van der Waals surface area contributed by atoms with Gasteiger partial charge in [-0.05, 0) is 30.2 Å². The zero-order valence-corrected chi connectivity index (χ0v) is 12.5. The highest BCUT2D eigenvalue weighted by Gasteiger charge is 2.19. The largest absolute Gasteiger partial charge is 0.494 e. The predicted molar refractivity (Wildman–Crippen MR) is 78.9 cm³/mol. The molecule has 0 unspecified atom stereocenters. The van der Waals surface area contributed by atoms with Gasteiger partial charge in [0.1, 0.15) is 11.3 Å². The van der Waals surface area contributed by atoms with Gasteiger partial charge >= 0.3 is 11.9 Å². The topological polar surface area (TPSA) is 61.8 Å². The first-order valence-electron chi connectivity index (χ1n) is 6.73. The van der Waals surface area contributed by atoms with E-state index in [1.807, 2.05) is 6.07 Å². The molecule has 0 aromatic heterocycles. The molecule has 0 N–H and O–H groups in total. The highest BCUT2D eigenvalue weighted by Crippen LogP contribution is 2.17. The summed E-state index contributed by atoms with van der Waals surface area (Å²) in [5.41, 5.74) is 0.500. The quantitative estimate of drug-likeness (QED) is 0.254. The SMILES string of the molecule is CCCCOc1cccc(C=C(C(=O)OC)C(=O)OC)c1. The first-order valence-corrected chi connectivity index (χ1v) is 6.73. The van der Waals surface area contributed by atoms with Crippen LogP contribution in [0.25, 0.3) is 6.08 Å². The summed E-state index contributed by atoms with van der Waals surface area (Å²) in [4.78, 5) is 23.2. The van der Waals surface area contributed by atoms with Crippen molar-refractivity contribution in [2.45, 2.75) is 19.8 Å². The Balaban J connectivity index is 2.96. The van der Waals surface area contributed by atoms with E-state index < -0.39 is 11.9 Å². The van der Waals surface area contributed by atoms with Crippen molar-refractivity contribution in [2.75, 3.05) is 20.8 Å². The normalized spacial score (nSPS) is 9.67. The van der Waals surface area contributed by atoms with E-state index in [1.54, 1.807) is 18.2 Å². The number of ether oxygens (including phenoxy) is 3. The van der Waals surface area contributed by atoms with Crippen LogP contribution >= 0.6 is 0 Å². The second-order valence-electron chi connectivity index (χ2n) is 4.32. The van der Waals surface area contributed by atoms with E-state index in [4.69, 9.17) is 4.74 Å². The smallest absolute Gasteiger partial charge is 0.345 e. The molecule has 0 fully saturated rings. The Kier molecular flexibility index (Phi) is 7.01. The summed E-state index contributed by atoms with van der Waals surface area (Å²) >= 11 is 0. The van der Waals surface area contributed by atoms with Crippen LogP contribution in [0.1, 0.15) is 25.3 Å². The van der Waals surface area contributed by atoms with Crippen LogP contribution in [-0.2, 0) is 19.1 Å². The molecule has 0 heterocycles. The van der Waals surface area contributed by atoms with Gasteiger partial charge in [-0.3, -0.25) is 0 Å². The summed E-state index contributed by atoms with van der Waals surface area (Å²) in [5, 5.41) is 0. The van der Waals surface area contributed by atoms with Gasteiger partial charge in [-0.15, -0.1) is 0 Å². The monoisotopic (exact) mass is 292 g/mol. The van der Waals surface area contributed by atoms with Crippen molar-refractivity contribution in [3.8, 4) is 5.75 Å². The van der Waals surface area contributed by atoms with Gasteiger partial charge in [0.15, 0.2) is 0 Å². The Morgan fingerprint density at radius 1 is 1.14 bits per heavy atom. The summed E-state index contributed by atoms with van der Waals surface area (Å²) in [5.74, 6) is -0.787. The average molecular weight is 292 g/mol. The van der Waals surface area contributed by atoms with Gasteiger partial charge in [0, 0.05) is 0 Å². The molecular formula is C16H20O5. The lowest BCUT2D eigenvalue weighted by Crippen LogP contribution is -2.15. The summed E-state index contributed by atoms with van der Waals surface area (Å²) < 4.78 is 14.7. The third kappa shape index (κ3) is 5.30. The first-order chi connectivity index (χ1) is 10.1.